The summed E-state index contributed by atoms with van der Waals surface area (Å²) in [6.07, 6.45) is 1.66. The van der Waals surface area contributed by atoms with Crippen LogP contribution in [0.2, 0.25) is 5.15 Å². The summed E-state index contributed by atoms with van der Waals surface area (Å²) in [7, 11) is 0. The Morgan fingerprint density at radius 3 is 2.71 bits per heavy atom. The Morgan fingerprint density at radius 2 is 2.00 bits per heavy atom. The van der Waals surface area contributed by atoms with Gasteiger partial charge in [-0.05, 0) is 5.56 Å². The van der Waals surface area contributed by atoms with Crippen LogP contribution in [-0.2, 0) is 0 Å². The van der Waals surface area contributed by atoms with Crippen molar-refractivity contribution in [2.24, 2.45) is 5.10 Å². The predicted molar refractivity (Wildman–Crippen MR) is 69.1 cm³/mol. The molecular weight excluding hydrogens is 238 g/mol. The van der Waals surface area contributed by atoms with Crippen molar-refractivity contribution < 1.29 is 0 Å². The highest BCUT2D eigenvalue weighted by Gasteiger charge is 2.00. The van der Waals surface area contributed by atoms with E-state index in [0.717, 1.165) is 5.56 Å². The summed E-state index contributed by atoms with van der Waals surface area (Å²) in [6.45, 7) is 0. The zero-order valence-corrected chi connectivity index (χ0v) is 9.59. The molecule has 6 heteroatoms. The lowest BCUT2D eigenvalue weighted by molar-refractivity contribution is 1.02. The SMILES string of the molecule is Nc1cc(Cl)nnc1N/N=C/c1ccccc1. The molecule has 0 unspecified atom stereocenters. The van der Waals surface area contributed by atoms with Crippen molar-refractivity contribution in [1.29, 1.82) is 0 Å². The van der Waals surface area contributed by atoms with Crippen molar-refractivity contribution in [3.63, 3.8) is 0 Å². The Morgan fingerprint density at radius 1 is 1.24 bits per heavy atom. The van der Waals surface area contributed by atoms with E-state index in [0.29, 0.717) is 11.5 Å². The fraction of sp³-hybridized carbons (Fsp3) is 0. The van der Waals surface area contributed by atoms with Gasteiger partial charge in [-0.15, -0.1) is 10.2 Å². The summed E-state index contributed by atoms with van der Waals surface area (Å²) >= 11 is 5.63. The number of nitrogens with zero attached hydrogens (tertiary/aromatic N) is 3. The second-order valence-electron chi connectivity index (χ2n) is 3.25. The normalized spacial score (nSPS) is 10.6. The highest BCUT2D eigenvalue weighted by Crippen LogP contribution is 2.16. The molecule has 1 aromatic carbocycles. The van der Waals surface area contributed by atoms with Gasteiger partial charge in [-0.1, -0.05) is 41.9 Å². The van der Waals surface area contributed by atoms with Gasteiger partial charge in [-0.3, -0.25) is 5.43 Å². The van der Waals surface area contributed by atoms with Crippen molar-refractivity contribution in [2.75, 3.05) is 11.2 Å². The smallest absolute Gasteiger partial charge is 0.192 e. The first-order valence-electron chi connectivity index (χ1n) is 4.88. The zero-order valence-electron chi connectivity index (χ0n) is 8.84. The van der Waals surface area contributed by atoms with Crippen LogP contribution in [-0.4, -0.2) is 16.4 Å². The second kappa shape index (κ2) is 5.27. The minimum absolute atomic E-state index is 0.250. The van der Waals surface area contributed by atoms with Crippen LogP contribution in [0.4, 0.5) is 11.5 Å². The van der Waals surface area contributed by atoms with Gasteiger partial charge in [0.15, 0.2) is 11.0 Å². The maximum Gasteiger partial charge on any atom is 0.192 e. The highest BCUT2D eigenvalue weighted by atomic mass is 35.5. The van der Waals surface area contributed by atoms with Gasteiger partial charge in [0, 0.05) is 6.07 Å². The van der Waals surface area contributed by atoms with E-state index in [1.165, 1.54) is 6.07 Å². The van der Waals surface area contributed by atoms with E-state index in [2.05, 4.69) is 20.7 Å². The number of nitrogen functional groups attached to an aromatic ring is 1. The van der Waals surface area contributed by atoms with E-state index in [1.54, 1.807) is 6.21 Å². The van der Waals surface area contributed by atoms with Crippen LogP contribution in [0.1, 0.15) is 5.56 Å². The Labute approximate surface area is 103 Å². The molecule has 0 aliphatic heterocycles. The van der Waals surface area contributed by atoms with Gasteiger partial charge in [0.25, 0.3) is 0 Å². The lowest BCUT2D eigenvalue weighted by atomic mass is 10.2. The van der Waals surface area contributed by atoms with Crippen LogP contribution in [0.5, 0.6) is 0 Å². The number of benzene rings is 1. The average molecular weight is 248 g/mol. The standard InChI is InChI=1S/C11H10ClN5/c12-10-6-9(13)11(17-15-10)16-14-7-8-4-2-1-3-5-8/h1-7H,(H2,13,15)(H,16,17)/b14-7+. The van der Waals surface area contributed by atoms with Crippen molar-refractivity contribution >= 4 is 29.3 Å². The number of aromatic nitrogens is 2. The summed E-state index contributed by atoms with van der Waals surface area (Å²) in [5.74, 6) is 0.376. The number of anilines is 2. The van der Waals surface area contributed by atoms with Gasteiger partial charge in [-0.2, -0.15) is 5.10 Å². The number of hydrogen-bond donors (Lipinski definition) is 2. The van der Waals surface area contributed by atoms with Gasteiger partial charge in [0.2, 0.25) is 0 Å². The number of nitrogens with two attached hydrogens (primary N) is 1. The van der Waals surface area contributed by atoms with Gasteiger partial charge >= 0.3 is 0 Å². The van der Waals surface area contributed by atoms with E-state index >= 15 is 0 Å². The molecule has 0 aliphatic carbocycles. The summed E-state index contributed by atoms with van der Waals surface area (Å²) in [5.41, 5.74) is 9.75. The molecule has 2 aromatic rings. The molecular formula is C11H10ClN5. The molecule has 0 bridgehead atoms. The average Bonchev–Trinajstić information content (AvgIpc) is 2.33. The molecule has 0 fully saturated rings. The summed E-state index contributed by atoms with van der Waals surface area (Å²) in [4.78, 5) is 0. The number of hydrazone groups is 1. The van der Waals surface area contributed by atoms with Crippen molar-refractivity contribution in [3.05, 3.63) is 47.1 Å². The van der Waals surface area contributed by atoms with Crippen molar-refractivity contribution in [1.82, 2.24) is 10.2 Å². The van der Waals surface area contributed by atoms with Crippen LogP contribution >= 0.6 is 11.6 Å². The Kier molecular flexibility index (Phi) is 3.52. The fourth-order valence-electron chi connectivity index (χ4n) is 1.18. The monoisotopic (exact) mass is 247 g/mol. The molecule has 1 aromatic heterocycles. The van der Waals surface area contributed by atoms with Gasteiger partial charge in [-0.25, -0.2) is 0 Å². The molecule has 0 atom stereocenters. The molecule has 3 N–H and O–H groups in total. The van der Waals surface area contributed by atoms with Crippen molar-refractivity contribution in [2.45, 2.75) is 0 Å². The number of rotatable bonds is 3. The fourth-order valence-corrected chi connectivity index (χ4v) is 1.33. The van der Waals surface area contributed by atoms with Gasteiger partial charge in [0.1, 0.15) is 0 Å². The van der Waals surface area contributed by atoms with Gasteiger partial charge < -0.3 is 5.73 Å². The number of hydrogen-bond acceptors (Lipinski definition) is 5. The van der Waals surface area contributed by atoms with Crippen LogP contribution < -0.4 is 11.2 Å². The summed E-state index contributed by atoms with van der Waals surface area (Å²) < 4.78 is 0. The first-order valence-corrected chi connectivity index (χ1v) is 5.26. The largest absolute Gasteiger partial charge is 0.396 e. The van der Waals surface area contributed by atoms with E-state index < -0.39 is 0 Å². The van der Waals surface area contributed by atoms with Crippen LogP contribution in [0.3, 0.4) is 0 Å². The molecule has 0 saturated heterocycles. The van der Waals surface area contributed by atoms with Gasteiger partial charge in [0.05, 0.1) is 11.9 Å². The lowest BCUT2D eigenvalue weighted by Crippen LogP contribution is -2.00. The molecule has 17 heavy (non-hydrogen) atoms. The molecule has 1 heterocycles. The quantitative estimate of drug-likeness (QED) is 0.644. The second-order valence-corrected chi connectivity index (χ2v) is 3.64. The van der Waals surface area contributed by atoms with Crippen LogP contribution in [0.25, 0.3) is 0 Å². The first kappa shape index (κ1) is 11.3. The maximum atomic E-state index is 5.68. The predicted octanol–water partition coefficient (Wildman–Crippen LogP) is 2.16. The molecule has 0 aliphatic rings. The number of halogens is 1. The lowest BCUT2D eigenvalue weighted by Gasteiger charge is -2.01. The van der Waals surface area contributed by atoms with Crippen LogP contribution in [0.15, 0.2) is 41.5 Å². The zero-order chi connectivity index (χ0) is 12.1. The summed E-state index contributed by atoms with van der Waals surface area (Å²) in [5, 5.41) is 11.7. The molecule has 86 valence electrons. The molecule has 0 amide bonds. The van der Waals surface area contributed by atoms with Crippen LogP contribution in [0, 0.1) is 0 Å². The Hall–Kier alpha value is -2.14. The first-order chi connectivity index (χ1) is 8.25. The topological polar surface area (TPSA) is 76.2 Å². The minimum atomic E-state index is 0.250. The molecule has 2 rings (SSSR count). The van der Waals surface area contributed by atoms with E-state index in [9.17, 15) is 0 Å². The third-order valence-corrected chi connectivity index (χ3v) is 2.16. The minimum Gasteiger partial charge on any atom is -0.396 e. The third-order valence-electron chi connectivity index (χ3n) is 1.98. The molecule has 0 saturated carbocycles. The highest BCUT2D eigenvalue weighted by molar-refractivity contribution is 6.29. The van der Waals surface area contributed by atoms with E-state index in [1.807, 2.05) is 30.3 Å². The summed E-state index contributed by atoms with van der Waals surface area (Å²) in [6, 6.07) is 11.2. The maximum absolute atomic E-state index is 5.68. The molecule has 0 spiro atoms. The van der Waals surface area contributed by atoms with E-state index in [4.69, 9.17) is 17.3 Å². The molecule has 5 nitrogen and oxygen atoms in total. The Balaban J connectivity index is 2.05. The molecule has 0 radical (unpaired) electrons. The third kappa shape index (κ3) is 3.15. The number of nitrogens with one attached hydrogen (secondary N) is 1. The van der Waals surface area contributed by atoms with E-state index in [-0.39, 0.29) is 5.15 Å². The van der Waals surface area contributed by atoms with Crippen molar-refractivity contribution in [3.8, 4) is 0 Å². The Bertz CT molecular complexity index is 527.